The summed E-state index contributed by atoms with van der Waals surface area (Å²) in [6.07, 6.45) is 6.31. The molecule has 0 aromatic carbocycles. The lowest BCUT2D eigenvalue weighted by atomic mass is 9.90. The molecule has 0 aliphatic carbocycles. The van der Waals surface area contributed by atoms with E-state index in [1.807, 2.05) is 6.92 Å². The van der Waals surface area contributed by atoms with Crippen molar-refractivity contribution in [3.8, 4) is 0 Å². The first-order valence-corrected chi connectivity index (χ1v) is 14.2. The van der Waals surface area contributed by atoms with Crippen molar-refractivity contribution in [3.63, 3.8) is 0 Å². The van der Waals surface area contributed by atoms with E-state index in [1.165, 1.54) is 5.57 Å². The average molecular weight is 425 g/mol. The Hall–Kier alpha value is -0.943. The molecule has 1 rings (SSSR count). The van der Waals surface area contributed by atoms with Crippen LogP contribution in [0.2, 0.25) is 18.1 Å². The van der Waals surface area contributed by atoms with Crippen LogP contribution in [-0.2, 0) is 18.8 Å². The number of allylic oxidation sites excluding steroid dienone is 1. The number of cyclic esters (lactones) is 1. The maximum Gasteiger partial charge on any atom is 0.306 e. The number of esters is 1. The second-order valence-electron chi connectivity index (χ2n) is 10.7. The zero-order valence-electron chi connectivity index (χ0n) is 20.3. The summed E-state index contributed by atoms with van der Waals surface area (Å²) in [4.78, 5) is 24.0. The molecular formula is C24H44O4Si. The molecule has 0 radical (unpaired) electrons. The first kappa shape index (κ1) is 26.1. The van der Waals surface area contributed by atoms with E-state index in [2.05, 4.69) is 53.8 Å². The minimum absolute atomic E-state index is 0.0375. The Morgan fingerprint density at radius 1 is 1.34 bits per heavy atom. The van der Waals surface area contributed by atoms with Crippen LogP contribution < -0.4 is 0 Å². The van der Waals surface area contributed by atoms with Gasteiger partial charge in [0.25, 0.3) is 0 Å². The van der Waals surface area contributed by atoms with Crippen LogP contribution in [0.25, 0.3) is 0 Å². The summed E-state index contributed by atoms with van der Waals surface area (Å²) in [6.45, 7) is 19.4. The van der Waals surface area contributed by atoms with Gasteiger partial charge in [0.2, 0.25) is 0 Å². The number of hydrogen-bond acceptors (Lipinski definition) is 4. The van der Waals surface area contributed by atoms with Gasteiger partial charge < -0.3 is 14.0 Å². The third-order valence-electron chi connectivity index (χ3n) is 6.63. The summed E-state index contributed by atoms with van der Waals surface area (Å²) < 4.78 is 12.6. The largest absolute Gasteiger partial charge is 0.462 e. The van der Waals surface area contributed by atoms with Crippen molar-refractivity contribution >= 4 is 20.1 Å². The molecule has 0 amide bonds. The van der Waals surface area contributed by atoms with Gasteiger partial charge in [-0.2, -0.15) is 0 Å². The molecule has 0 fully saturated rings. The molecule has 0 saturated carbocycles. The van der Waals surface area contributed by atoms with Gasteiger partial charge in [-0.3, -0.25) is 4.79 Å². The Bertz CT molecular complexity index is 588. The Labute approximate surface area is 179 Å². The Morgan fingerprint density at radius 3 is 2.52 bits per heavy atom. The normalized spacial score (nSPS) is 28.4. The Balaban J connectivity index is 2.98. The molecule has 5 heteroatoms. The highest BCUT2D eigenvalue weighted by atomic mass is 28.4. The minimum atomic E-state index is -1.87. The lowest BCUT2D eigenvalue weighted by molar-refractivity contribution is -0.152. The van der Waals surface area contributed by atoms with E-state index in [0.717, 1.165) is 19.3 Å². The van der Waals surface area contributed by atoms with Crippen molar-refractivity contribution in [2.45, 2.75) is 117 Å². The van der Waals surface area contributed by atoms with Crippen LogP contribution >= 0.6 is 0 Å². The number of Topliss-reactive ketones (excluding diaryl/α,β-unsaturated/α-hetero) is 1. The van der Waals surface area contributed by atoms with Crippen molar-refractivity contribution in [2.24, 2.45) is 11.8 Å². The maximum atomic E-state index is 12.5. The van der Waals surface area contributed by atoms with Crippen LogP contribution in [0.5, 0.6) is 0 Å². The quantitative estimate of drug-likeness (QED) is 0.289. The van der Waals surface area contributed by atoms with Gasteiger partial charge in [0.1, 0.15) is 11.9 Å². The molecule has 0 unspecified atom stereocenters. The molecule has 4 atom stereocenters. The number of ketones is 1. The van der Waals surface area contributed by atoms with Crippen molar-refractivity contribution < 1.29 is 18.8 Å². The molecule has 0 spiro atoms. The first-order valence-electron chi connectivity index (χ1n) is 11.2. The zero-order chi connectivity index (χ0) is 22.4. The van der Waals surface area contributed by atoms with E-state index in [-0.39, 0.29) is 34.9 Å². The molecule has 0 saturated heterocycles. The lowest BCUT2D eigenvalue weighted by Gasteiger charge is -2.41. The fourth-order valence-electron chi connectivity index (χ4n) is 3.71. The summed E-state index contributed by atoms with van der Waals surface area (Å²) in [5, 5.41) is 0.167. The summed E-state index contributed by atoms with van der Waals surface area (Å²) >= 11 is 0. The van der Waals surface area contributed by atoms with Gasteiger partial charge in [0, 0.05) is 31.3 Å². The van der Waals surface area contributed by atoms with Crippen LogP contribution in [0, 0.1) is 11.8 Å². The maximum absolute atomic E-state index is 12.5. The zero-order valence-corrected chi connectivity index (χ0v) is 21.3. The van der Waals surface area contributed by atoms with Gasteiger partial charge >= 0.3 is 5.97 Å². The fraction of sp³-hybridized carbons (Fsp3) is 0.833. The summed E-state index contributed by atoms with van der Waals surface area (Å²) in [6, 6.07) is 0. The van der Waals surface area contributed by atoms with Crippen LogP contribution in [-0.4, -0.2) is 32.3 Å². The SMILES string of the molecule is CC(=O)C[C@H](C)[C@H]1C/C=C(\C)C[C@H](C)[C@@H](O[Si](C)(C)C(C)(C)C)CCCC(=O)O1. The topological polar surface area (TPSA) is 52.6 Å². The molecular weight excluding hydrogens is 380 g/mol. The van der Waals surface area contributed by atoms with E-state index < -0.39 is 8.32 Å². The molecule has 1 aliphatic rings. The highest BCUT2D eigenvalue weighted by Gasteiger charge is 2.40. The van der Waals surface area contributed by atoms with Crippen molar-refractivity contribution in [3.05, 3.63) is 11.6 Å². The van der Waals surface area contributed by atoms with Crippen molar-refractivity contribution in [2.75, 3.05) is 0 Å². The van der Waals surface area contributed by atoms with Crippen LogP contribution in [0.15, 0.2) is 11.6 Å². The predicted molar refractivity (Wildman–Crippen MR) is 122 cm³/mol. The van der Waals surface area contributed by atoms with E-state index >= 15 is 0 Å². The molecule has 0 aromatic rings. The van der Waals surface area contributed by atoms with Crippen molar-refractivity contribution in [1.29, 1.82) is 0 Å². The molecule has 4 nitrogen and oxygen atoms in total. The number of carbonyl (C=O) groups excluding carboxylic acids is 2. The number of rotatable bonds is 5. The second kappa shape index (κ2) is 10.9. The molecule has 1 heterocycles. The second-order valence-corrected chi connectivity index (χ2v) is 15.4. The summed E-state index contributed by atoms with van der Waals surface area (Å²) in [5.41, 5.74) is 1.30. The number of ether oxygens (including phenoxy) is 1. The van der Waals surface area contributed by atoms with Crippen LogP contribution in [0.3, 0.4) is 0 Å². The summed E-state index contributed by atoms with van der Waals surface area (Å²) in [7, 11) is -1.87. The third kappa shape index (κ3) is 8.75. The summed E-state index contributed by atoms with van der Waals surface area (Å²) in [5.74, 6) is 0.426. The smallest absolute Gasteiger partial charge is 0.306 e. The predicted octanol–water partition coefficient (Wildman–Crippen LogP) is 6.45. The van der Waals surface area contributed by atoms with E-state index in [0.29, 0.717) is 25.2 Å². The molecule has 29 heavy (non-hydrogen) atoms. The van der Waals surface area contributed by atoms with E-state index in [4.69, 9.17) is 9.16 Å². The Morgan fingerprint density at radius 2 is 1.97 bits per heavy atom. The Kier molecular flexibility index (Phi) is 9.81. The minimum Gasteiger partial charge on any atom is -0.462 e. The number of hydrogen-bond donors (Lipinski definition) is 0. The highest BCUT2D eigenvalue weighted by Crippen LogP contribution is 2.39. The molecule has 1 aliphatic heterocycles. The van der Waals surface area contributed by atoms with Crippen molar-refractivity contribution in [1.82, 2.24) is 0 Å². The standard InChI is InChI=1S/C24H44O4Si/c1-17-13-14-21(19(3)16-20(4)25)27-23(26)12-10-11-22(18(2)15-17)28-29(8,9)24(5,6)7/h13,18-19,21-22H,10-12,14-16H2,1-9H3/b17-13+/t18-,19-,21+,22-/m0/s1. The molecule has 0 N–H and O–H groups in total. The third-order valence-corrected chi connectivity index (χ3v) is 11.1. The average Bonchev–Trinajstić information content (AvgIpc) is 2.54. The van der Waals surface area contributed by atoms with Crippen LogP contribution in [0.1, 0.15) is 87.0 Å². The van der Waals surface area contributed by atoms with Gasteiger partial charge in [-0.25, -0.2) is 0 Å². The van der Waals surface area contributed by atoms with Gasteiger partial charge in [-0.05, 0) is 57.2 Å². The van der Waals surface area contributed by atoms with E-state index in [9.17, 15) is 9.59 Å². The number of carbonyl (C=O) groups is 2. The van der Waals surface area contributed by atoms with Gasteiger partial charge in [-0.15, -0.1) is 0 Å². The fourth-order valence-corrected chi connectivity index (χ4v) is 5.17. The lowest BCUT2D eigenvalue weighted by Crippen LogP contribution is -2.45. The molecule has 168 valence electrons. The molecule has 0 bridgehead atoms. The van der Waals surface area contributed by atoms with Crippen LogP contribution in [0.4, 0.5) is 0 Å². The monoisotopic (exact) mass is 424 g/mol. The van der Waals surface area contributed by atoms with Gasteiger partial charge in [-0.1, -0.05) is 46.3 Å². The van der Waals surface area contributed by atoms with E-state index in [1.54, 1.807) is 6.92 Å². The first-order chi connectivity index (χ1) is 13.2. The van der Waals surface area contributed by atoms with Gasteiger partial charge in [0.05, 0.1) is 0 Å². The van der Waals surface area contributed by atoms with Gasteiger partial charge in [0.15, 0.2) is 8.32 Å². The molecule has 0 aromatic heterocycles. The highest BCUT2D eigenvalue weighted by molar-refractivity contribution is 6.74.